The number of hydrogen-bond donors (Lipinski definition) is 0. The van der Waals surface area contributed by atoms with Crippen LogP contribution in [-0.4, -0.2) is 19.0 Å². The van der Waals surface area contributed by atoms with Crippen LogP contribution < -0.4 is 4.74 Å². The number of esters is 1. The molecule has 1 aliphatic heterocycles. The average molecular weight is 285 g/mol. The summed E-state index contributed by atoms with van der Waals surface area (Å²) < 4.78 is 10.3. The molecular weight excluding hydrogens is 274 g/mol. The van der Waals surface area contributed by atoms with Gasteiger partial charge in [-0.1, -0.05) is 6.07 Å². The monoisotopic (exact) mass is 285 g/mol. The number of ether oxygens (including phenoxy) is 2. The van der Waals surface area contributed by atoms with Crippen molar-refractivity contribution in [2.45, 2.75) is 0 Å². The summed E-state index contributed by atoms with van der Waals surface area (Å²) in [7, 11) is 1.60. The molecule has 0 saturated carbocycles. The molecule has 100 valence electrons. The molecule has 20 heavy (non-hydrogen) atoms. The Labute approximate surface area is 120 Å². The van der Waals surface area contributed by atoms with Crippen LogP contribution in [0.3, 0.4) is 0 Å². The van der Waals surface area contributed by atoms with E-state index in [4.69, 9.17) is 9.47 Å². The zero-order valence-corrected chi connectivity index (χ0v) is 11.5. The summed E-state index contributed by atoms with van der Waals surface area (Å²) in [5.41, 5.74) is 1.06. The maximum Gasteiger partial charge on any atom is 0.363 e. The number of nitrogens with zero attached hydrogens (tertiary/aromatic N) is 1. The molecule has 1 aromatic carbocycles. The van der Waals surface area contributed by atoms with Crippen LogP contribution in [-0.2, 0) is 9.53 Å². The molecule has 0 radical (unpaired) electrons. The van der Waals surface area contributed by atoms with Crippen LogP contribution in [0.25, 0.3) is 6.08 Å². The molecule has 0 atom stereocenters. The lowest BCUT2D eigenvalue weighted by Gasteiger charge is -2.01. The number of rotatable bonds is 3. The third-order valence-corrected chi connectivity index (χ3v) is 3.60. The van der Waals surface area contributed by atoms with Gasteiger partial charge < -0.3 is 9.47 Å². The third-order valence-electron chi connectivity index (χ3n) is 2.78. The van der Waals surface area contributed by atoms with E-state index in [-0.39, 0.29) is 0 Å². The summed E-state index contributed by atoms with van der Waals surface area (Å²) in [5, 5.41) is 1.95. The number of hydrogen-bond acceptors (Lipinski definition) is 5. The van der Waals surface area contributed by atoms with E-state index in [0.29, 0.717) is 11.6 Å². The van der Waals surface area contributed by atoms with Crippen molar-refractivity contribution in [1.82, 2.24) is 0 Å². The Morgan fingerprint density at radius 2 is 2.05 bits per heavy atom. The second-order valence-electron chi connectivity index (χ2n) is 4.08. The first-order valence-electron chi connectivity index (χ1n) is 5.97. The highest BCUT2D eigenvalue weighted by Crippen LogP contribution is 2.22. The number of carbonyl (C=O) groups excluding carboxylic acids is 1. The molecule has 0 spiro atoms. The fourth-order valence-electron chi connectivity index (χ4n) is 1.77. The molecular formula is C15H11NO3S. The minimum atomic E-state index is -0.427. The molecule has 0 fully saturated rings. The van der Waals surface area contributed by atoms with Crippen LogP contribution in [0.4, 0.5) is 0 Å². The zero-order chi connectivity index (χ0) is 13.9. The molecule has 0 saturated heterocycles. The molecule has 0 aliphatic carbocycles. The summed E-state index contributed by atoms with van der Waals surface area (Å²) >= 11 is 1.54. The van der Waals surface area contributed by atoms with Crippen LogP contribution in [0.2, 0.25) is 0 Å². The van der Waals surface area contributed by atoms with Gasteiger partial charge in [0, 0.05) is 10.4 Å². The van der Waals surface area contributed by atoms with Gasteiger partial charge >= 0.3 is 5.97 Å². The van der Waals surface area contributed by atoms with E-state index in [0.717, 1.165) is 16.2 Å². The predicted octanol–water partition coefficient (Wildman–Crippen LogP) is 3.10. The van der Waals surface area contributed by atoms with Crippen LogP contribution in [0, 0.1) is 0 Å². The maximum atomic E-state index is 11.8. The Kier molecular flexibility index (Phi) is 3.35. The van der Waals surface area contributed by atoms with E-state index < -0.39 is 5.97 Å². The minimum absolute atomic E-state index is 0.318. The fraction of sp³-hybridized carbons (Fsp3) is 0.0667. The van der Waals surface area contributed by atoms with Gasteiger partial charge in [0.15, 0.2) is 5.70 Å². The van der Waals surface area contributed by atoms with Crippen molar-refractivity contribution in [1.29, 1.82) is 0 Å². The standard InChI is InChI=1S/C15H11NO3S/c1-18-11-6-4-10(5-7-11)14-16-13(15(17)19-14)9-12-3-2-8-20-12/h2-9H,1H3/b13-9-. The van der Waals surface area contributed by atoms with Crippen LogP contribution >= 0.6 is 11.3 Å². The molecule has 4 nitrogen and oxygen atoms in total. The van der Waals surface area contributed by atoms with Gasteiger partial charge in [-0.2, -0.15) is 0 Å². The number of thiophene rings is 1. The second kappa shape index (κ2) is 5.30. The summed E-state index contributed by atoms with van der Waals surface area (Å²) in [4.78, 5) is 17.0. The van der Waals surface area contributed by atoms with Gasteiger partial charge in [-0.25, -0.2) is 9.79 Å². The highest BCUT2D eigenvalue weighted by atomic mass is 32.1. The van der Waals surface area contributed by atoms with E-state index >= 15 is 0 Å². The van der Waals surface area contributed by atoms with E-state index in [9.17, 15) is 4.79 Å². The largest absolute Gasteiger partial charge is 0.497 e. The quantitative estimate of drug-likeness (QED) is 0.643. The first kappa shape index (κ1) is 12.6. The topological polar surface area (TPSA) is 47.9 Å². The van der Waals surface area contributed by atoms with Crippen molar-refractivity contribution in [3.05, 3.63) is 57.9 Å². The third kappa shape index (κ3) is 2.48. The Hall–Kier alpha value is -2.40. The molecule has 0 unspecified atom stereocenters. The van der Waals surface area contributed by atoms with Crippen molar-refractivity contribution >= 4 is 29.3 Å². The summed E-state index contributed by atoms with van der Waals surface area (Å²) in [5.74, 6) is 0.637. The van der Waals surface area contributed by atoms with Gasteiger partial charge in [0.1, 0.15) is 5.75 Å². The summed E-state index contributed by atoms with van der Waals surface area (Å²) in [6.07, 6.45) is 1.73. The van der Waals surface area contributed by atoms with Crippen molar-refractivity contribution < 1.29 is 14.3 Å². The molecule has 5 heteroatoms. The van der Waals surface area contributed by atoms with Crippen molar-refractivity contribution in [3.63, 3.8) is 0 Å². The number of methoxy groups -OCH3 is 1. The lowest BCUT2D eigenvalue weighted by Crippen LogP contribution is -2.05. The van der Waals surface area contributed by atoms with Crippen LogP contribution in [0.5, 0.6) is 5.75 Å². The summed E-state index contributed by atoms with van der Waals surface area (Å²) in [6, 6.07) is 11.1. The predicted molar refractivity (Wildman–Crippen MR) is 77.9 cm³/mol. The molecule has 1 aromatic heterocycles. The van der Waals surface area contributed by atoms with Gasteiger partial charge in [-0.15, -0.1) is 11.3 Å². The number of carbonyl (C=O) groups is 1. The van der Waals surface area contributed by atoms with E-state index in [1.165, 1.54) is 0 Å². The van der Waals surface area contributed by atoms with Crippen molar-refractivity contribution in [2.24, 2.45) is 4.99 Å². The van der Waals surface area contributed by atoms with Crippen molar-refractivity contribution in [3.8, 4) is 5.75 Å². The first-order valence-corrected chi connectivity index (χ1v) is 6.85. The second-order valence-corrected chi connectivity index (χ2v) is 5.06. The van der Waals surface area contributed by atoms with Crippen molar-refractivity contribution in [2.75, 3.05) is 7.11 Å². The Bertz CT molecular complexity index is 684. The van der Waals surface area contributed by atoms with Gasteiger partial charge in [0.05, 0.1) is 7.11 Å². The van der Waals surface area contributed by atoms with E-state index in [1.807, 2.05) is 17.5 Å². The molecule has 3 rings (SSSR count). The molecule has 0 bridgehead atoms. The Morgan fingerprint density at radius 3 is 2.70 bits per heavy atom. The lowest BCUT2D eigenvalue weighted by atomic mass is 10.2. The molecule has 2 heterocycles. The van der Waals surface area contributed by atoms with Crippen LogP contribution in [0.1, 0.15) is 10.4 Å². The van der Waals surface area contributed by atoms with Gasteiger partial charge in [-0.05, 0) is 41.8 Å². The average Bonchev–Trinajstić information content (AvgIpc) is 3.10. The SMILES string of the molecule is COc1ccc(C2=N/C(=C\c3cccs3)C(=O)O2)cc1. The molecule has 0 N–H and O–H groups in total. The van der Waals surface area contributed by atoms with Gasteiger partial charge in [0.25, 0.3) is 0 Å². The molecule has 2 aromatic rings. The van der Waals surface area contributed by atoms with E-state index in [2.05, 4.69) is 4.99 Å². The Balaban J connectivity index is 1.89. The molecule has 1 aliphatic rings. The fourth-order valence-corrected chi connectivity index (χ4v) is 2.43. The van der Waals surface area contributed by atoms with Gasteiger partial charge in [0.2, 0.25) is 5.90 Å². The first-order chi connectivity index (χ1) is 9.76. The number of benzene rings is 1. The Morgan fingerprint density at radius 1 is 1.25 bits per heavy atom. The van der Waals surface area contributed by atoms with Gasteiger partial charge in [-0.3, -0.25) is 0 Å². The van der Waals surface area contributed by atoms with Crippen LogP contribution in [0.15, 0.2) is 52.5 Å². The number of cyclic esters (lactones) is 1. The summed E-state index contributed by atoms with van der Waals surface area (Å²) in [6.45, 7) is 0. The molecule has 0 amide bonds. The normalized spacial score (nSPS) is 16.1. The lowest BCUT2D eigenvalue weighted by molar-refractivity contribution is -0.129. The highest BCUT2D eigenvalue weighted by molar-refractivity contribution is 7.10. The number of aliphatic imine (C=N–C) groups is 1. The zero-order valence-electron chi connectivity index (χ0n) is 10.7. The van der Waals surface area contributed by atoms with E-state index in [1.54, 1.807) is 48.8 Å². The highest BCUT2D eigenvalue weighted by Gasteiger charge is 2.24. The smallest absolute Gasteiger partial charge is 0.363 e. The maximum absolute atomic E-state index is 11.8. The minimum Gasteiger partial charge on any atom is -0.497 e.